The fraction of sp³-hybridized carbons (Fsp3) is 0.625. The van der Waals surface area contributed by atoms with Crippen LogP contribution in [0.3, 0.4) is 0 Å². The van der Waals surface area contributed by atoms with E-state index >= 15 is 0 Å². The van der Waals surface area contributed by atoms with Gasteiger partial charge in [-0.2, -0.15) is 0 Å². The van der Waals surface area contributed by atoms with Gasteiger partial charge in [-0.3, -0.25) is 0 Å². The van der Waals surface area contributed by atoms with E-state index in [1.54, 1.807) is 0 Å². The molecule has 0 amide bonds. The standard InChI is InChI=1S/C16H26N2/c1-3-14-9-11-18(12-10-14)13-16(17-2)15-7-5-4-6-8-15/h4-8,14,16-17H,3,9-13H2,1-2H3. The van der Waals surface area contributed by atoms with Gasteiger partial charge in [-0.15, -0.1) is 0 Å². The van der Waals surface area contributed by atoms with Crippen LogP contribution in [0.5, 0.6) is 0 Å². The van der Waals surface area contributed by atoms with Crippen LogP contribution in [0.15, 0.2) is 30.3 Å². The molecule has 2 heteroatoms. The summed E-state index contributed by atoms with van der Waals surface area (Å²) in [5, 5.41) is 3.45. The summed E-state index contributed by atoms with van der Waals surface area (Å²) in [4.78, 5) is 2.61. The molecule has 1 aliphatic heterocycles. The maximum Gasteiger partial charge on any atom is 0.0446 e. The normalized spacial score (nSPS) is 19.9. The number of benzene rings is 1. The number of rotatable bonds is 5. The van der Waals surface area contributed by atoms with Crippen LogP contribution in [0.4, 0.5) is 0 Å². The van der Waals surface area contributed by atoms with Crippen LogP contribution in [0.2, 0.25) is 0 Å². The minimum absolute atomic E-state index is 0.462. The maximum absolute atomic E-state index is 3.45. The topological polar surface area (TPSA) is 15.3 Å². The summed E-state index contributed by atoms with van der Waals surface area (Å²) < 4.78 is 0. The molecule has 0 aromatic heterocycles. The average molecular weight is 246 g/mol. The van der Waals surface area contributed by atoms with Gasteiger partial charge >= 0.3 is 0 Å². The second kappa shape index (κ2) is 6.91. The molecule has 1 aromatic carbocycles. The van der Waals surface area contributed by atoms with Crippen molar-refractivity contribution in [2.24, 2.45) is 5.92 Å². The molecular weight excluding hydrogens is 220 g/mol. The van der Waals surface area contributed by atoms with Gasteiger partial charge in [0, 0.05) is 12.6 Å². The fourth-order valence-electron chi connectivity index (χ4n) is 2.88. The Labute approximate surface area is 111 Å². The first-order valence-corrected chi connectivity index (χ1v) is 7.28. The van der Waals surface area contributed by atoms with Crippen LogP contribution in [0, 0.1) is 5.92 Å². The van der Waals surface area contributed by atoms with E-state index in [0.29, 0.717) is 6.04 Å². The van der Waals surface area contributed by atoms with Crippen molar-refractivity contribution >= 4 is 0 Å². The molecule has 2 rings (SSSR count). The van der Waals surface area contributed by atoms with Gasteiger partial charge < -0.3 is 10.2 Å². The van der Waals surface area contributed by atoms with Gasteiger partial charge in [-0.1, -0.05) is 43.7 Å². The van der Waals surface area contributed by atoms with Gasteiger partial charge in [0.1, 0.15) is 0 Å². The molecule has 1 unspecified atom stereocenters. The molecule has 1 saturated heterocycles. The van der Waals surface area contributed by atoms with Crippen molar-refractivity contribution in [3.05, 3.63) is 35.9 Å². The summed E-state index contributed by atoms with van der Waals surface area (Å²) >= 11 is 0. The first-order valence-electron chi connectivity index (χ1n) is 7.28. The van der Waals surface area contributed by atoms with Crippen LogP contribution in [-0.2, 0) is 0 Å². The van der Waals surface area contributed by atoms with E-state index in [1.807, 2.05) is 0 Å². The summed E-state index contributed by atoms with van der Waals surface area (Å²) in [5.74, 6) is 0.964. The summed E-state index contributed by atoms with van der Waals surface area (Å²) in [7, 11) is 2.07. The van der Waals surface area contributed by atoms with E-state index in [-0.39, 0.29) is 0 Å². The largest absolute Gasteiger partial charge is 0.312 e. The predicted octanol–water partition coefficient (Wildman–Crippen LogP) is 3.07. The summed E-state index contributed by atoms with van der Waals surface area (Å²) in [5.41, 5.74) is 1.40. The van der Waals surface area contributed by atoms with Crippen molar-refractivity contribution in [1.29, 1.82) is 0 Å². The first-order chi connectivity index (χ1) is 8.83. The Morgan fingerprint density at radius 1 is 1.22 bits per heavy atom. The highest BCUT2D eigenvalue weighted by atomic mass is 15.1. The predicted molar refractivity (Wildman–Crippen MR) is 77.7 cm³/mol. The Hall–Kier alpha value is -0.860. The molecule has 2 nitrogen and oxygen atoms in total. The van der Waals surface area contributed by atoms with Crippen LogP contribution in [-0.4, -0.2) is 31.6 Å². The Kier molecular flexibility index (Phi) is 5.21. The van der Waals surface area contributed by atoms with E-state index in [2.05, 4.69) is 54.5 Å². The molecule has 100 valence electrons. The molecular formula is C16H26N2. The second-order valence-electron chi connectivity index (χ2n) is 5.40. The van der Waals surface area contributed by atoms with Gasteiger partial charge in [-0.25, -0.2) is 0 Å². The summed E-state index contributed by atoms with van der Waals surface area (Å²) in [6.45, 7) is 5.99. The number of likely N-dealkylation sites (N-methyl/N-ethyl adjacent to an activating group) is 1. The first kappa shape index (κ1) is 13.6. The molecule has 0 saturated carbocycles. The van der Waals surface area contributed by atoms with E-state index in [0.717, 1.165) is 12.5 Å². The Bertz CT molecular complexity index is 328. The average Bonchev–Trinajstić information content (AvgIpc) is 2.46. The SMILES string of the molecule is CCC1CCN(CC(NC)c2ccccc2)CC1. The zero-order chi connectivity index (χ0) is 12.8. The lowest BCUT2D eigenvalue weighted by molar-refractivity contribution is 0.168. The van der Waals surface area contributed by atoms with Gasteiger partial charge in [0.25, 0.3) is 0 Å². The minimum Gasteiger partial charge on any atom is -0.312 e. The monoisotopic (exact) mass is 246 g/mol. The molecule has 0 bridgehead atoms. The molecule has 1 aliphatic rings. The molecule has 1 fully saturated rings. The van der Waals surface area contributed by atoms with Crippen molar-refractivity contribution in [1.82, 2.24) is 10.2 Å². The van der Waals surface area contributed by atoms with Gasteiger partial charge in [0.15, 0.2) is 0 Å². The minimum atomic E-state index is 0.462. The molecule has 1 N–H and O–H groups in total. The highest BCUT2D eigenvalue weighted by molar-refractivity contribution is 5.19. The van der Waals surface area contributed by atoms with Crippen molar-refractivity contribution in [3.8, 4) is 0 Å². The van der Waals surface area contributed by atoms with Gasteiger partial charge in [0.05, 0.1) is 0 Å². The molecule has 18 heavy (non-hydrogen) atoms. The second-order valence-corrected chi connectivity index (χ2v) is 5.40. The quantitative estimate of drug-likeness (QED) is 0.859. The third kappa shape index (κ3) is 3.56. The van der Waals surface area contributed by atoms with Crippen LogP contribution in [0.25, 0.3) is 0 Å². The van der Waals surface area contributed by atoms with Crippen LogP contribution < -0.4 is 5.32 Å². The molecule has 0 radical (unpaired) electrons. The van der Waals surface area contributed by atoms with E-state index in [4.69, 9.17) is 0 Å². The van der Waals surface area contributed by atoms with E-state index in [1.165, 1.54) is 37.9 Å². The number of piperidine rings is 1. The number of hydrogen-bond acceptors (Lipinski definition) is 2. The highest BCUT2D eigenvalue weighted by Crippen LogP contribution is 2.22. The molecule has 0 spiro atoms. The Morgan fingerprint density at radius 2 is 1.89 bits per heavy atom. The lowest BCUT2D eigenvalue weighted by Gasteiger charge is -2.34. The van der Waals surface area contributed by atoms with Crippen LogP contribution >= 0.6 is 0 Å². The number of nitrogens with zero attached hydrogens (tertiary/aromatic N) is 1. The lowest BCUT2D eigenvalue weighted by atomic mass is 9.94. The van der Waals surface area contributed by atoms with Crippen molar-refractivity contribution < 1.29 is 0 Å². The molecule has 0 aliphatic carbocycles. The van der Waals surface area contributed by atoms with E-state index in [9.17, 15) is 0 Å². The van der Waals surface area contributed by atoms with Crippen LogP contribution in [0.1, 0.15) is 37.8 Å². The molecule has 1 heterocycles. The lowest BCUT2D eigenvalue weighted by Crippen LogP contribution is -2.39. The highest BCUT2D eigenvalue weighted by Gasteiger charge is 2.20. The number of hydrogen-bond donors (Lipinski definition) is 1. The fourth-order valence-corrected chi connectivity index (χ4v) is 2.88. The van der Waals surface area contributed by atoms with E-state index < -0.39 is 0 Å². The maximum atomic E-state index is 3.45. The number of likely N-dealkylation sites (tertiary alicyclic amines) is 1. The van der Waals surface area contributed by atoms with Crippen molar-refractivity contribution in [2.45, 2.75) is 32.2 Å². The van der Waals surface area contributed by atoms with Gasteiger partial charge in [0.2, 0.25) is 0 Å². The summed E-state index contributed by atoms with van der Waals surface area (Å²) in [6, 6.07) is 11.2. The smallest absolute Gasteiger partial charge is 0.0446 e. The van der Waals surface area contributed by atoms with Crippen molar-refractivity contribution in [3.63, 3.8) is 0 Å². The molecule has 1 aromatic rings. The third-order valence-corrected chi connectivity index (χ3v) is 4.28. The van der Waals surface area contributed by atoms with Crippen molar-refractivity contribution in [2.75, 3.05) is 26.7 Å². The van der Waals surface area contributed by atoms with Gasteiger partial charge in [-0.05, 0) is 44.5 Å². The zero-order valence-electron chi connectivity index (χ0n) is 11.7. The zero-order valence-corrected chi connectivity index (χ0v) is 11.7. The summed E-state index contributed by atoms with van der Waals surface area (Å²) in [6.07, 6.45) is 4.10. The Balaban J connectivity index is 1.88. The Morgan fingerprint density at radius 3 is 2.44 bits per heavy atom. The third-order valence-electron chi connectivity index (χ3n) is 4.28. The molecule has 1 atom stereocenters. The number of nitrogens with one attached hydrogen (secondary N) is 1.